The van der Waals surface area contributed by atoms with E-state index in [9.17, 15) is 39.6 Å². The van der Waals surface area contributed by atoms with Crippen molar-refractivity contribution in [2.75, 3.05) is 13.6 Å². The Morgan fingerprint density at radius 1 is 1.12 bits per heavy atom. The molecular weight excluding hydrogens is 610 g/mol. The zero-order chi connectivity index (χ0) is 31.7. The number of sulfonamides is 1. The highest BCUT2D eigenvalue weighted by atomic mass is 35.5. The van der Waals surface area contributed by atoms with Gasteiger partial charge in [0.15, 0.2) is 0 Å². The highest BCUT2D eigenvalue weighted by molar-refractivity contribution is 7.89. The summed E-state index contributed by atoms with van der Waals surface area (Å²) in [5.41, 5.74) is -0.834. The van der Waals surface area contributed by atoms with Gasteiger partial charge in [-0.1, -0.05) is 42.4 Å². The van der Waals surface area contributed by atoms with Crippen LogP contribution in [0.3, 0.4) is 0 Å². The van der Waals surface area contributed by atoms with Crippen molar-refractivity contribution in [3.8, 4) is 0 Å². The number of hydrogen-bond donors (Lipinski definition) is 1. The van der Waals surface area contributed by atoms with Crippen molar-refractivity contribution < 1.29 is 39.6 Å². The molecular formula is C27H29ClF6N4O3S. The van der Waals surface area contributed by atoms with Crippen LogP contribution in [0.2, 0.25) is 5.02 Å². The summed E-state index contributed by atoms with van der Waals surface area (Å²) in [7, 11) is -3.32. The van der Waals surface area contributed by atoms with E-state index in [2.05, 4.69) is 16.9 Å². The zero-order valence-electron chi connectivity index (χ0n) is 22.9. The highest BCUT2D eigenvalue weighted by Crippen LogP contribution is 2.36. The number of hydrogen-bond acceptors (Lipinski definition) is 5. The molecule has 1 atom stereocenters. The Balaban J connectivity index is 1.77. The molecule has 2 aromatic carbocycles. The van der Waals surface area contributed by atoms with E-state index in [4.69, 9.17) is 11.6 Å². The number of nitrogens with one attached hydrogen (secondary N) is 1. The molecule has 1 heterocycles. The van der Waals surface area contributed by atoms with Crippen molar-refractivity contribution in [1.29, 1.82) is 0 Å². The fourth-order valence-corrected chi connectivity index (χ4v) is 5.87. The second-order valence-corrected chi connectivity index (χ2v) is 12.6. The molecule has 0 radical (unpaired) electrons. The summed E-state index contributed by atoms with van der Waals surface area (Å²) < 4.78 is 107. The zero-order valence-corrected chi connectivity index (χ0v) is 24.4. The summed E-state index contributed by atoms with van der Waals surface area (Å²) in [6.07, 6.45) is -5.83. The number of carbonyl (C=O) groups excluding carboxylic acids is 1. The molecule has 42 heavy (non-hydrogen) atoms. The number of alkyl halides is 5. The van der Waals surface area contributed by atoms with Crippen LogP contribution in [0.15, 0.2) is 70.7 Å². The molecule has 0 aromatic heterocycles. The van der Waals surface area contributed by atoms with E-state index in [1.54, 1.807) is 6.07 Å². The predicted octanol–water partition coefficient (Wildman–Crippen LogP) is 5.77. The molecule has 0 bridgehead atoms. The maximum absolute atomic E-state index is 14.1. The minimum Gasteiger partial charge on any atom is -0.360 e. The maximum Gasteiger partial charge on any atom is 0.455 e. The van der Waals surface area contributed by atoms with Crippen molar-refractivity contribution in [3.63, 3.8) is 0 Å². The summed E-state index contributed by atoms with van der Waals surface area (Å²) in [5, 5.41) is 2.63. The van der Waals surface area contributed by atoms with E-state index in [1.165, 1.54) is 50.2 Å². The number of benzene rings is 2. The third-order valence-corrected chi connectivity index (χ3v) is 8.70. The normalized spacial score (nSPS) is 16.9. The van der Waals surface area contributed by atoms with Crippen LogP contribution < -0.4 is 5.32 Å². The fraction of sp³-hybridized carbons (Fsp3) is 0.407. The first-order valence-corrected chi connectivity index (χ1v) is 14.3. The molecule has 230 valence electrons. The SMILES string of the molecule is C=C(CCC1=NC(C)(C)[C@H](C(=O)N(C)CC(F)(F)C(F)(F)F)N1)N(Cc1ccc(Cl)c(F)c1)S(=O)(=O)c1ccccc1. The number of halogens is 7. The van der Waals surface area contributed by atoms with E-state index in [-0.39, 0.29) is 40.8 Å². The van der Waals surface area contributed by atoms with Gasteiger partial charge in [0.05, 0.1) is 34.4 Å². The van der Waals surface area contributed by atoms with Crippen LogP contribution in [0.25, 0.3) is 0 Å². The van der Waals surface area contributed by atoms with Gasteiger partial charge in [-0.15, -0.1) is 0 Å². The lowest BCUT2D eigenvalue weighted by Crippen LogP contribution is -2.56. The van der Waals surface area contributed by atoms with Crippen LogP contribution in [0.1, 0.15) is 32.3 Å². The van der Waals surface area contributed by atoms with Crippen LogP contribution in [-0.2, 0) is 21.4 Å². The minimum absolute atomic E-state index is 0.0181. The van der Waals surface area contributed by atoms with E-state index >= 15 is 0 Å². The number of rotatable bonds is 11. The molecule has 7 nitrogen and oxygen atoms in total. The van der Waals surface area contributed by atoms with Gasteiger partial charge >= 0.3 is 12.1 Å². The van der Waals surface area contributed by atoms with Crippen LogP contribution in [0.4, 0.5) is 26.3 Å². The van der Waals surface area contributed by atoms with Crippen LogP contribution in [0.5, 0.6) is 0 Å². The Morgan fingerprint density at radius 3 is 2.31 bits per heavy atom. The second-order valence-electron chi connectivity index (χ2n) is 10.3. The lowest BCUT2D eigenvalue weighted by atomic mass is 9.95. The van der Waals surface area contributed by atoms with Gasteiger partial charge in [-0.05, 0) is 50.1 Å². The third kappa shape index (κ3) is 7.38. The van der Waals surface area contributed by atoms with E-state index in [1.807, 2.05) is 0 Å². The molecule has 1 N–H and O–H groups in total. The van der Waals surface area contributed by atoms with Crippen molar-refractivity contribution in [3.05, 3.63) is 77.2 Å². The Labute approximate surface area is 244 Å². The standard InChI is InChI=1S/C27H29ClF6N4O3S/c1-17(38(15-18-11-12-20(28)21(29)14-18)42(40,41)19-8-6-5-7-9-19)10-13-22-35-23(25(2,3)36-22)24(39)37(4)16-26(30,31)27(32,33)34/h5-9,11-12,14,23H,1,10,13,15-16H2,2-4H3,(H,35,36)/t23-/m0/s1. The lowest BCUT2D eigenvalue weighted by Gasteiger charge is -2.31. The molecule has 1 aliphatic heterocycles. The number of likely N-dealkylation sites (N-methyl/N-ethyl adjacent to an activating group) is 1. The van der Waals surface area contributed by atoms with E-state index < -0.39 is 52.0 Å². The smallest absolute Gasteiger partial charge is 0.360 e. The van der Waals surface area contributed by atoms with Gasteiger partial charge in [0.2, 0.25) is 5.91 Å². The maximum atomic E-state index is 14.1. The van der Waals surface area contributed by atoms with Gasteiger partial charge in [0.25, 0.3) is 10.0 Å². The Hall–Kier alpha value is -3.26. The summed E-state index contributed by atoms with van der Waals surface area (Å²) in [5.74, 6) is -6.68. The van der Waals surface area contributed by atoms with Gasteiger partial charge in [0.1, 0.15) is 11.9 Å². The molecule has 0 spiro atoms. The summed E-state index contributed by atoms with van der Waals surface area (Å²) in [6, 6.07) is 10.1. The van der Waals surface area contributed by atoms with Crippen molar-refractivity contribution in [1.82, 2.24) is 14.5 Å². The van der Waals surface area contributed by atoms with Gasteiger partial charge in [-0.25, -0.2) is 12.8 Å². The minimum atomic E-state index is -5.83. The van der Waals surface area contributed by atoms with E-state index in [0.717, 1.165) is 17.4 Å². The first-order valence-electron chi connectivity index (χ1n) is 12.5. The largest absolute Gasteiger partial charge is 0.455 e. The van der Waals surface area contributed by atoms with E-state index in [0.29, 0.717) is 10.5 Å². The molecule has 3 rings (SSSR count). The van der Waals surface area contributed by atoms with Crippen LogP contribution in [-0.4, -0.2) is 66.6 Å². The number of amidine groups is 1. The quantitative estimate of drug-likeness (QED) is 0.317. The fourth-order valence-electron chi connectivity index (χ4n) is 4.24. The number of carbonyl (C=O) groups is 1. The predicted molar refractivity (Wildman–Crippen MR) is 146 cm³/mol. The molecule has 1 amide bonds. The van der Waals surface area contributed by atoms with Crippen molar-refractivity contribution in [2.24, 2.45) is 4.99 Å². The van der Waals surface area contributed by atoms with Gasteiger partial charge in [0, 0.05) is 19.2 Å². The average molecular weight is 639 g/mol. The third-order valence-electron chi connectivity index (χ3n) is 6.56. The number of nitrogens with zero attached hydrogens (tertiary/aromatic N) is 3. The van der Waals surface area contributed by atoms with Gasteiger partial charge in [-0.3, -0.25) is 14.1 Å². The number of allylic oxidation sites excluding steroid dienone is 1. The van der Waals surface area contributed by atoms with Crippen LogP contribution in [0, 0.1) is 5.82 Å². The summed E-state index contributed by atoms with van der Waals surface area (Å²) >= 11 is 5.76. The molecule has 0 saturated heterocycles. The molecule has 0 aliphatic carbocycles. The Morgan fingerprint density at radius 2 is 1.74 bits per heavy atom. The average Bonchev–Trinajstić information content (AvgIpc) is 3.20. The highest BCUT2D eigenvalue weighted by Gasteiger charge is 2.58. The summed E-state index contributed by atoms with van der Waals surface area (Å²) in [4.78, 5) is 17.5. The Bertz CT molecular complexity index is 1470. The number of aliphatic imine (C=N–C) groups is 1. The summed E-state index contributed by atoms with van der Waals surface area (Å²) in [6.45, 7) is 4.76. The molecule has 0 unspecified atom stereocenters. The van der Waals surface area contributed by atoms with Crippen molar-refractivity contribution >= 4 is 33.4 Å². The van der Waals surface area contributed by atoms with Crippen molar-refractivity contribution in [2.45, 2.75) is 61.8 Å². The van der Waals surface area contributed by atoms with Crippen LogP contribution >= 0.6 is 11.6 Å². The monoisotopic (exact) mass is 638 g/mol. The topological polar surface area (TPSA) is 82.1 Å². The molecule has 15 heteroatoms. The Kier molecular flexibility index (Phi) is 9.62. The molecule has 0 saturated carbocycles. The molecule has 2 aromatic rings. The first-order chi connectivity index (χ1) is 19.3. The first kappa shape index (κ1) is 33.2. The lowest BCUT2D eigenvalue weighted by molar-refractivity contribution is -0.284. The molecule has 1 aliphatic rings. The van der Waals surface area contributed by atoms with Gasteiger partial charge < -0.3 is 10.2 Å². The van der Waals surface area contributed by atoms with Gasteiger partial charge in [-0.2, -0.15) is 22.0 Å². The molecule has 0 fully saturated rings. The second kappa shape index (κ2) is 12.2. The number of amides is 1.